The summed E-state index contributed by atoms with van der Waals surface area (Å²) in [4.78, 5) is 27.6. The van der Waals surface area contributed by atoms with Crippen LogP contribution in [-0.4, -0.2) is 53.2 Å². The lowest BCUT2D eigenvalue weighted by molar-refractivity contribution is -0.136. The molecule has 2 aliphatic heterocycles. The number of carbonyl (C=O) groups excluding carboxylic acids is 1. The predicted octanol–water partition coefficient (Wildman–Crippen LogP) is 1.93. The van der Waals surface area contributed by atoms with Crippen LogP contribution in [0.2, 0.25) is 0 Å². The molecule has 7 heteroatoms. The topological polar surface area (TPSA) is 68.5 Å². The van der Waals surface area contributed by atoms with Gasteiger partial charge >= 0.3 is 5.69 Å². The summed E-state index contributed by atoms with van der Waals surface area (Å²) in [6, 6.07) is 13.9. The maximum Gasteiger partial charge on any atom is 0.329 e. The van der Waals surface area contributed by atoms with Crippen LogP contribution in [0, 0.1) is 5.92 Å². The zero-order valence-corrected chi connectivity index (χ0v) is 18.2. The molecule has 0 radical (unpaired) electrons. The molecule has 7 nitrogen and oxygen atoms in total. The summed E-state index contributed by atoms with van der Waals surface area (Å²) < 4.78 is 9.45. The smallest absolute Gasteiger partial charge is 0.329 e. The van der Waals surface area contributed by atoms with Crippen LogP contribution in [0.15, 0.2) is 47.3 Å². The molecule has 3 heterocycles. The fraction of sp³-hybridized carbons (Fsp3) is 0.417. The highest BCUT2D eigenvalue weighted by atomic mass is 16.5. The SMILES string of the molecule is COc1c(C2CN(C)C(=O)C3NCCC32)ccc2c1n(Cc1ccccc1)c(=O)n2C. The molecule has 2 saturated heterocycles. The minimum absolute atomic E-state index is 0.0642. The molecular formula is C24H28N4O3. The molecule has 2 fully saturated rings. The number of nitrogens with zero attached hydrogens (tertiary/aromatic N) is 3. The number of aromatic nitrogens is 2. The van der Waals surface area contributed by atoms with Gasteiger partial charge in [-0.3, -0.25) is 13.9 Å². The van der Waals surface area contributed by atoms with Crippen LogP contribution in [0.25, 0.3) is 11.0 Å². The normalized spacial score (nSPS) is 23.4. The van der Waals surface area contributed by atoms with Gasteiger partial charge in [0.25, 0.3) is 0 Å². The summed E-state index contributed by atoms with van der Waals surface area (Å²) >= 11 is 0. The summed E-state index contributed by atoms with van der Waals surface area (Å²) in [6.45, 7) is 1.98. The number of methoxy groups -OCH3 is 1. The molecule has 1 N–H and O–H groups in total. The Morgan fingerprint density at radius 3 is 2.61 bits per heavy atom. The Morgan fingerprint density at radius 2 is 1.87 bits per heavy atom. The zero-order valence-electron chi connectivity index (χ0n) is 18.2. The number of imidazole rings is 1. The van der Waals surface area contributed by atoms with Crippen molar-refractivity contribution in [2.24, 2.45) is 13.0 Å². The first-order valence-electron chi connectivity index (χ1n) is 10.8. The minimum Gasteiger partial charge on any atom is -0.494 e. The van der Waals surface area contributed by atoms with Crippen LogP contribution in [0.1, 0.15) is 23.5 Å². The second-order valence-corrected chi connectivity index (χ2v) is 8.68. The summed E-state index contributed by atoms with van der Waals surface area (Å²) in [6.07, 6.45) is 0.960. The highest BCUT2D eigenvalue weighted by Crippen LogP contribution is 2.43. The van der Waals surface area contributed by atoms with E-state index in [-0.39, 0.29) is 29.5 Å². The molecule has 0 saturated carbocycles. The number of likely N-dealkylation sites (tertiary alicyclic amines) is 1. The molecule has 0 spiro atoms. The highest BCUT2D eigenvalue weighted by Gasteiger charge is 2.45. The van der Waals surface area contributed by atoms with E-state index in [1.54, 1.807) is 23.3 Å². The third-order valence-corrected chi connectivity index (χ3v) is 6.98. The number of piperidine rings is 1. The van der Waals surface area contributed by atoms with Gasteiger partial charge in [0.05, 0.1) is 25.2 Å². The molecule has 31 heavy (non-hydrogen) atoms. The highest BCUT2D eigenvalue weighted by molar-refractivity contribution is 5.86. The molecule has 1 aromatic heterocycles. The quantitative estimate of drug-likeness (QED) is 0.700. The minimum atomic E-state index is -0.147. The fourth-order valence-corrected chi connectivity index (χ4v) is 5.42. The van der Waals surface area contributed by atoms with Crippen molar-refractivity contribution in [1.82, 2.24) is 19.4 Å². The van der Waals surface area contributed by atoms with Crippen molar-refractivity contribution >= 4 is 16.9 Å². The lowest BCUT2D eigenvalue weighted by atomic mass is 9.77. The van der Waals surface area contributed by atoms with Gasteiger partial charge in [-0.25, -0.2) is 4.79 Å². The monoisotopic (exact) mass is 420 g/mol. The second kappa shape index (κ2) is 7.57. The number of carbonyl (C=O) groups is 1. The van der Waals surface area contributed by atoms with Crippen LogP contribution in [0.3, 0.4) is 0 Å². The summed E-state index contributed by atoms with van der Waals surface area (Å²) in [5.74, 6) is 1.29. The number of aryl methyl sites for hydroxylation is 1. The van der Waals surface area contributed by atoms with Crippen molar-refractivity contribution in [3.05, 3.63) is 64.1 Å². The Bertz CT molecular complexity index is 1200. The zero-order chi connectivity index (χ0) is 21.7. The summed E-state index contributed by atoms with van der Waals surface area (Å²) in [5, 5.41) is 3.38. The Morgan fingerprint density at radius 1 is 1.10 bits per heavy atom. The number of ether oxygens (including phenoxy) is 1. The molecule has 3 unspecified atom stereocenters. The first-order valence-corrected chi connectivity index (χ1v) is 10.8. The van der Waals surface area contributed by atoms with E-state index in [9.17, 15) is 9.59 Å². The molecule has 1 amide bonds. The Kier molecular flexibility index (Phi) is 4.85. The first-order chi connectivity index (χ1) is 15.0. The Labute approximate surface area is 181 Å². The van der Waals surface area contributed by atoms with E-state index in [1.807, 2.05) is 48.3 Å². The predicted molar refractivity (Wildman–Crippen MR) is 120 cm³/mol. The van der Waals surface area contributed by atoms with Crippen molar-refractivity contribution in [3.8, 4) is 5.75 Å². The van der Waals surface area contributed by atoms with Gasteiger partial charge in [0, 0.05) is 32.1 Å². The van der Waals surface area contributed by atoms with E-state index in [1.165, 1.54) is 0 Å². The maximum absolute atomic E-state index is 13.1. The maximum atomic E-state index is 13.1. The average Bonchev–Trinajstić information content (AvgIpc) is 3.37. The van der Waals surface area contributed by atoms with E-state index in [4.69, 9.17) is 4.74 Å². The fourth-order valence-electron chi connectivity index (χ4n) is 5.42. The Balaban J connectivity index is 1.68. The number of nitrogens with one attached hydrogen (secondary N) is 1. The third-order valence-electron chi connectivity index (χ3n) is 6.98. The van der Waals surface area contributed by atoms with Crippen LogP contribution in [-0.2, 0) is 18.4 Å². The van der Waals surface area contributed by atoms with E-state index >= 15 is 0 Å². The average molecular weight is 421 g/mol. The number of rotatable bonds is 4. The van der Waals surface area contributed by atoms with Gasteiger partial charge in [0.1, 0.15) is 11.3 Å². The van der Waals surface area contributed by atoms with Crippen molar-refractivity contribution in [2.45, 2.75) is 24.9 Å². The van der Waals surface area contributed by atoms with Crippen LogP contribution in [0.4, 0.5) is 0 Å². The number of hydrogen-bond donors (Lipinski definition) is 1. The van der Waals surface area contributed by atoms with Gasteiger partial charge in [-0.15, -0.1) is 0 Å². The lowest BCUT2D eigenvalue weighted by Crippen LogP contribution is -2.52. The molecule has 2 aromatic carbocycles. The number of benzene rings is 2. The summed E-state index contributed by atoms with van der Waals surface area (Å²) in [7, 11) is 5.34. The van der Waals surface area contributed by atoms with Crippen molar-refractivity contribution in [1.29, 1.82) is 0 Å². The van der Waals surface area contributed by atoms with Gasteiger partial charge in [-0.05, 0) is 30.5 Å². The van der Waals surface area contributed by atoms with Gasteiger partial charge in [-0.1, -0.05) is 36.4 Å². The van der Waals surface area contributed by atoms with Crippen molar-refractivity contribution in [2.75, 3.05) is 27.2 Å². The van der Waals surface area contributed by atoms with Crippen LogP contribution >= 0.6 is 0 Å². The molecule has 3 aromatic rings. The second-order valence-electron chi connectivity index (χ2n) is 8.68. The molecule has 162 valence electrons. The van der Waals surface area contributed by atoms with E-state index in [0.717, 1.165) is 40.9 Å². The largest absolute Gasteiger partial charge is 0.494 e. The van der Waals surface area contributed by atoms with Gasteiger partial charge in [-0.2, -0.15) is 0 Å². The molecule has 0 aliphatic carbocycles. The third kappa shape index (κ3) is 3.07. The van der Waals surface area contributed by atoms with Crippen LogP contribution in [0.5, 0.6) is 5.75 Å². The number of likely N-dealkylation sites (N-methyl/N-ethyl adjacent to an activating group) is 1. The standard InChI is InChI=1S/C24H28N4O3/c1-26-14-18(16-11-12-25-20(16)23(26)29)17-9-10-19-21(22(17)31-3)28(24(30)27(19)2)13-15-7-5-4-6-8-15/h4-10,16,18,20,25H,11-14H2,1-3H3. The van der Waals surface area contributed by atoms with E-state index in [2.05, 4.69) is 11.4 Å². The van der Waals surface area contributed by atoms with Crippen molar-refractivity contribution in [3.63, 3.8) is 0 Å². The molecule has 3 atom stereocenters. The number of amides is 1. The van der Waals surface area contributed by atoms with Crippen LogP contribution < -0.4 is 15.7 Å². The van der Waals surface area contributed by atoms with E-state index in [0.29, 0.717) is 13.1 Å². The van der Waals surface area contributed by atoms with E-state index < -0.39 is 0 Å². The molecule has 2 aliphatic rings. The first kappa shape index (κ1) is 19.9. The summed E-state index contributed by atoms with van der Waals surface area (Å²) in [5.41, 5.74) is 3.74. The van der Waals surface area contributed by atoms with Crippen molar-refractivity contribution < 1.29 is 9.53 Å². The molecule has 0 bridgehead atoms. The molecular weight excluding hydrogens is 392 g/mol. The number of hydrogen-bond acceptors (Lipinski definition) is 4. The Hall–Kier alpha value is -3.06. The lowest BCUT2D eigenvalue weighted by Gasteiger charge is -2.39. The van der Waals surface area contributed by atoms with Gasteiger partial charge < -0.3 is 15.0 Å². The van der Waals surface area contributed by atoms with Gasteiger partial charge in [0.2, 0.25) is 5.91 Å². The van der Waals surface area contributed by atoms with Gasteiger partial charge in [0.15, 0.2) is 0 Å². The molecule has 5 rings (SSSR count). The number of fused-ring (bicyclic) bond motifs is 2.